The lowest BCUT2D eigenvalue weighted by Gasteiger charge is -2.09. The first-order valence-corrected chi connectivity index (χ1v) is 8.46. The van der Waals surface area contributed by atoms with Crippen molar-refractivity contribution in [3.8, 4) is 16.5 Å². The molecule has 0 fully saturated rings. The highest BCUT2D eigenvalue weighted by Gasteiger charge is 2.04. The van der Waals surface area contributed by atoms with Gasteiger partial charge in [-0.25, -0.2) is 4.79 Å². The van der Waals surface area contributed by atoms with E-state index in [1.54, 1.807) is 24.3 Å². The van der Waals surface area contributed by atoms with Gasteiger partial charge in [-0.2, -0.15) is 5.26 Å². The van der Waals surface area contributed by atoms with E-state index in [9.17, 15) is 4.79 Å². The molecule has 0 atom stereocenters. The summed E-state index contributed by atoms with van der Waals surface area (Å²) in [5.74, 6) is 0. The van der Waals surface area contributed by atoms with Gasteiger partial charge in [0.1, 0.15) is 5.40 Å². The third-order valence-corrected chi connectivity index (χ3v) is 4.12. The van der Waals surface area contributed by atoms with Gasteiger partial charge in [-0.1, -0.05) is 42.5 Å². The van der Waals surface area contributed by atoms with Gasteiger partial charge in [0.05, 0.1) is 0 Å². The van der Waals surface area contributed by atoms with E-state index < -0.39 is 0 Å². The third kappa shape index (κ3) is 4.63. The average Bonchev–Trinajstić information content (AvgIpc) is 2.65. The van der Waals surface area contributed by atoms with Gasteiger partial charge in [-0.05, 0) is 59.3 Å². The van der Waals surface area contributed by atoms with Crippen LogP contribution in [0.5, 0.6) is 0 Å². The van der Waals surface area contributed by atoms with Crippen molar-refractivity contribution < 1.29 is 4.79 Å². The average molecular weight is 345 g/mol. The Hall–Kier alpha value is -3.23. The summed E-state index contributed by atoms with van der Waals surface area (Å²) in [6.07, 6.45) is 0. The van der Waals surface area contributed by atoms with Gasteiger partial charge >= 0.3 is 6.03 Å². The number of anilines is 2. The van der Waals surface area contributed by atoms with Crippen molar-refractivity contribution in [1.29, 1.82) is 5.26 Å². The molecular formula is C20H15N3OS. The monoisotopic (exact) mass is 345 g/mol. The third-order valence-electron chi connectivity index (χ3n) is 3.53. The zero-order valence-corrected chi connectivity index (χ0v) is 14.1. The van der Waals surface area contributed by atoms with E-state index >= 15 is 0 Å². The molecule has 0 aromatic heterocycles. The van der Waals surface area contributed by atoms with Gasteiger partial charge in [0.15, 0.2) is 0 Å². The van der Waals surface area contributed by atoms with E-state index in [0.717, 1.165) is 27.8 Å². The van der Waals surface area contributed by atoms with Crippen LogP contribution in [0.2, 0.25) is 0 Å². The first-order valence-electron chi connectivity index (χ1n) is 7.64. The second-order valence-corrected chi connectivity index (χ2v) is 6.10. The molecule has 0 spiro atoms. The first kappa shape index (κ1) is 16.6. The molecule has 3 rings (SSSR count). The number of nitrogens with one attached hydrogen (secondary N) is 2. The Balaban J connectivity index is 1.60. The number of thioether (sulfide) groups is 1. The van der Waals surface area contributed by atoms with Crippen molar-refractivity contribution in [2.24, 2.45) is 0 Å². The van der Waals surface area contributed by atoms with Gasteiger partial charge in [0, 0.05) is 16.3 Å². The highest BCUT2D eigenvalue weighted by atomic mass is 32.2. The topological polar surface area (TPSA) is 64.9 Å². The fraction of sp³-hybridized carbons (Fsp3) is 0. The molecule has 0 unspecified atom stereocenters. The predicted molar refractivity (Wildman–Crippen MR) is 102 cm³/mol. The molecule has 0 heterocycles. The van der Waals surface area contributed by atoms with Crippen molar-refractivity contribution in [2.75, 3.05) is 10.6 Å². The number of nitrogens with zero attached hydrogens (tertiary/aromatic N) is 1. The van der Waals surface area contributed by atoms with E-state index in [2.05, 4.69) is 10.6 Å². The van der Waals surface area contributed by atoms with Crippen molar-refractivity contribution in [3.63, 3.8) is 0 Å². The van der Waals surface area contributed by atoms with Gasteiger partial charge in [-0.3, -0.25) is 0 Å². The van der Waals surface area contributed by atoms with Gasteiger partial charge < -0.3 is 10.6 Å². The molecule has 0 saturated heterocycles. The molecule has 0 aliphatic heterocycles. The number of rotatable bonds is 4. The largest absolute Gasteiger partial charge is 0.323 e. The number of carbonyl (C=O) groups excluding carboxylic acids is 1. The number of amides is 2. The lowest BCUT2D eigenvalue weighted by Crippen LogP contribution is -2.19. The highest BCUT2D eigenvalue weighted by Crippen LogP contribution is 2.22. The van der Waals surface area contributed by atoms with Gasteiger partial charge in [0.25, 0.3) is 0 Å². The molecule has 25 heavy (non-hydrogen) atoms. The Morgan fingerprint density at radius 1 is 0.760 bits per heavy atom. The van der Waals surface area contributed by atoms with Crippen LogP contribution in [0.1, 0.15) is 0 Å². The molecule has 2 amide bonds. The SMILES string of the molecule is N#CSc1ccc(NC(=O)Nc2ccc(-c3ccccc3)cc2)cc1. The van der Waals surface area contributed by atoms with Gasteiger partial charge in [0.2, 0.25) is 0 Å². The number of thiocyanates is 1. The van der Waals surface area contributed by atoms with Crippen LogP contribution in [-0.4, -0.2) is 6.03 Å². The maximum absolute atomic E-state index is 12.1. The van der Waals surface area contributed by atoms with Crippen LogP contribution >= 0.6 is 11.8 Å². The minimum atomic E-state index is -0.312. The quantitative estimate of drug-likeness (QED) is 0.480. The van der Waals surface area contributed by atoms with E-state index in [0.29, 0.717) is 11.4 Å². The molecule has 122 valence electrons. The zero-order valence-electron chi connectivity index (χ0n) is 13.3. The predicted octanol–water partition coefficient (Wildman–Crippen LogP) is 5.57. The second-order valence-electron chi connectivity index (χ2n) is 5.24. The van der Waals surface area contributed by atoms with Crippen molar-refractivity contribution >= 4 is 29.2 Å². The number of hydrogen-bond donors (Lipinski definition) is 2. The molecule has 0 saturated carbocycles. The van der Waals surface area contributed by atoms with Crippen molar-refractivity contribution in [3.05, 3.63) is 78.9 Å². The number of nitriles is 1. The molecule has 0 radical (unpaired) electrons. The molecule has 4 nitrogen and oxygen atoms in total. The Morgan fingerprint density at radius 2 is 1.28 bits per heavy atom. The van der Waals surface area contributed by atoms with Gasteiger partial charge in [-0.15, -0.1) is 0 Å². The Bertz CT molecular complexity index is 885. The molecule has 0 aliphatic rings. The summed E-state index contributed by atoms with van der Waals surface area (Å²) in [6, 6.07) is 24.5. The number of urea groups is 1. The summed E-state index contributed by atoms with van der Waals surface area (Å²) in [6.45, 7) is 0. The summed E-state index contributed by atoms with van der Waals surface area (Å²) in [5.41, 5.74) is 3.61. The lowest BCUT2D eigenvalue weighted by molar-refractivity contribution is 0.262. The fourth-order valence-corrected chi connectivity index (χ4v) is 2.71. The molecule has 5 heteroatoms. The molecule has 0 bridgehead atoms. The minimum absolute atomic E-state index is 0.312. The molecule has 0 aliphatic carbocycles. The highest BCUT2D eigenvalue weighted by molar-refractivity contribution is 8.03. The van der Waals surface area contributed by atoms with Crippen LogP contribution in [0.3, 0.4) is 0 Å². The summed E-state index contributed by atoms with van der Waals surface area (Å²) in [7, 11) is 0. The van der Waals surface area contributed by atoms with Crippen molar-refractivity contribution in [2.45, 2.75) is 4.90 Å². The Morgan fingerprint density at radius 3 is 1.84 bits per heavy atom. The Labute approximate surface area is 150 Å². The zero-order chi connectivity index (χ0) is 17.5. The van der Waals surface area contributed by atoms with E-state index in [-0.39, 0.29) is 6.03 Å². The lowest BCUT2D eigenvalue weighted by atomic mass is 10.1. The standard InChI is InChI=1S/C20H15N3OS/c21-14-25-19-12-10-18(11-13-19)23-20(24)22-17-8-6-16(7-9-17)15-4-2-1-3-5-15/h1-13H,(H2,22,23,24). The van der Waals surface area contributed by atoms with Crippen LogP contribution in [0.4, 0.5) is 16.2 Å². The molecular weight excluding hydrogens is 330 g/mol. The number of carbonyl (C=O) groups is 1. The molecule has 3 aromatic carbocycles. The van der Waals surface area contributed by atoms with E-state index in [4.69, 9.17) is 5.26 Å². The Kier molecular flexibility index (Phi) is 5.35. The van der Waals surface area contributed by atoms with E-state index in [1.165, 1.54) is 0 Å². The smallest absolute Gasteiger partial charge is 0.308 e. The number of hydrogen-bond acceptors (Lipinski definition) is 3. The molecule has 2 N–H and O–H groups in total. The van der Waals surface area contributed by atoms with Crippen LogP contribution in [0.25, 0.3) is 11.1 Å². The van der Waals surface area contributed by atoms with Crippen LogP contribution in [-0.2, 0) is 0 Å². The molecule has 3 aromatic rings. The maximum Gasteiger partial charge on any atom is 0.323 e. The summed E-state index contributed by atoms with van der Waals surface area (Å²) in [4.78, 5) is 12.9. The second kappa shape index (κ2) is 8.04. The summed E-state index contributed by atoms with van der Waals surface area (Å²) in [5, 5.41) is 16.2. The maximum atomic E-state index is 12.1. The van der Waals surface area contributed by atoms with Crippen LogP contribution in [0, 0.1) is 10.7 Å². The van der Waals surface area contributed by atoms with Crippen LogP contribution < -0.4 is 10.6 Å². The van der Waals surface area contributed by atoms with Crippen LogP contribution in [0.15, 0.2) is 83.8 Å². The fourth-order valence-electron chi connectivity index (χ4n) is 2.33. The number of benzene rings is 3. The first-order chi connectivity index (χ1) is 12.2. The summed E-state index contributed by atoms with van der Waals surface area (Å²) >= 11 is 1.08. The van der Waals surface area contributed by atoms with Crippen molar-refractivity contribution in [1.82, 2.24) is 0 Å². The normalized spacial score (nSPS) is 9.88. The van der Waals surface area contributed by atoms with E-state index in [1.807, 2.05) is 60.0 Å². The summed E-state index contributed by atoms with van der Waals surface area (Å²) < 4.78 is 0. The minimum Gasteiger partial charge on any atom is -0.308 e.